The summed E-state index contributed by atoms with van der Waals surface area (Å²) < 4.78 is 31.1. The number of nitrogens with zero attached hydrogens (tertiary/aromatic N) is 1. The van der Waals surface area contributed by atoms with Gasteiger partial charge in [-0.15, -0.1) is 0 Å². The van der Waals surface area contributed by atoms with E-state index in [1.54, 1.807) is 12.1 Å². The monoisotopic (exact) mass is 388 g/mol. The first-order chi connectivity index (χ1) is 13.2. The zero-order valence-electron chi connectivity index (χ0n) is 15.3. The molecule has 4 rings (SSSR count). The van der Waals surface area contributed by atoms with E-state index in [2.05, 4.69) is 10.2 Å². The van der Waals surface area contributed by atoms with Crippen molar-refractivity contribution in [1.29, 1.82) is 0 Å². The highest BCUT2D eigenvalue weighted by Crippen LogP contribution is 2.31. The highest BCUT2D eigenvalue weighted by Gasteiger charge is 2.20. The van der Waals surface area contributed by atoms with Crippen molar-refractivity contribution in [2.45, 2.75) is 24.2 Å². The Hall–Kier alpha value is -1.92. The first-order valence-electron chi connectivity index (χ1n) is 9.53. The van der Waals surface area contributed by atoms with E-state index >= 15 is 0 Å². The summed E-state index contributed by atoms with van der Waals surface area (Å²) >= 11 is 0. The molecule has 1 unspecified atom stereocenters. The van der Waals surface area contributed by atoms with Gasteiger partial charge in [-0.3, -0.25) is 4.21 Å². The van der Waals surface area contributed by atoms with Crippen LogP contribution >= 0.6 is 0 Å². The molecule has 0 bridgehead atoms. The van der Waals surface area contributed by atoms with Crippen LogP contribution in [0, 0.1) is 11.7 Å². The molecule has 0 spiro atoms. The van der Waals surface area contributed by atoms with Gasteiger partial charge < -0.3 is 15.0 Å². The van der Waals surface area contributed by atoms with Gasteiger partial charge in [-0.05, 0) is 74.2 Å². The SMILES string of the molecule is O=S(CCN1CCC(Cc2ccc(F)cc2)CC1)c1ccc2c(c1)OCN2. The summed E-state index contributed by atoms with van der Waals surface area (Å²) in [7, 11) is -1.00. The second-order valence-electron chi connectivity index (χ2n) is 7.29. The van der Waals surface area contributed by atoms with Crippen molar-refractivity contribution in [3.8, 4) is 5.75 Å². The Morgan fingerprint density at radius 2 is 1.93 bits per heavy atom. The predicted octanol–water partition coefficient (Wildman–Crippen LogP) is 3.65. The third-order valence-electron chi connectivity index (χ3n) is 5.44. The molecule has 4 nitrogen and oxygen atoms in total. The van der Waals surface area contributed by atoms with Crippen molar-refractivity contribution in [3.63, 3.8) is 0 Å². The number of fused-ring (bicyclic) bond motifs is 1. The molecule has 2 aliphatic heterocycles. The molecule has 0 amide bonds. The lowest BCUT2D eigenvalue weighted by atomic mass is 9.90. The van der Waals surface area contributed by atoms with Crippen LogP contribution in [-0.4, -0.2) is 41.2 Å². The first-order valence-corrected chi connectivity index (χ1v) is 10.9. The van der Waals surface area contributed by atoms with Crippen LogP contribution < -0.4 is 10.1 Å². The van der Waals surface area contributed by atoms with Crippen LogP contribution in [0.1, 0.15) is 18.4 Å². The lowest BCUT2D eigenvalue weighted by molar-refractivity contribution is 0.193. The first kappa shape index (κ1) is 18.4. The molecular formula is C21H25FN2O2S. The minimum absolute atomic E-state index is 0.173. The molecule has 0 aromatic heterocycles. The molecule has 0 saturated carbocycles. The van der Waals surface area contributed by atoms with E-state index in [4.69, 9.17) is 4.74 Å². The van der Waals surface area contributed by atoms with Crippen LogP contribution in [0.15, 0.2) is 47.4 Å². The Bertz CT molecular complexity index is 804. The number of rotatable bonds is 6. The van der Waals surface area contributed by atoms with Crippen molar-refractivity contribution < 1.29 is 13.3 Å². The van der Waals surface area contributed by atoms with Gasteiger partial charge >= 0.3 is 0 Å². The van der Waals surface area contributed by atoms with Gasteiger partial charge in [-0.25, -0.2) is 4.39 Å². The van der Waals surface area contributed by atoms with Crippen LogP contribution in [0.3, 0.4) is 0 Å². The Morgan fingerprint density at radius 3 is 2.70 bits per heavy atom. The van der Waals surface area contributed by atoms with Crippen LogP contribution in [0.5, 0.6) is 5.75 Å². The summed E-state index contributed by atoms with van der Waals surface area (Å²) in [4.78, 5) is 3.24. The molecule has 1 fully saturated rings. The lowest BCUT2D eigenvalue weighted by Gasteiger charge is -2.31. The molecule has 1 saturated heterocycles. The zero-order valence-corrected chi connectivity index (χ0v) is 16.1. The molecule has 27 heavy (non-hydrogen) atoms. The normalized spacial score (nSPS) is 18.6. The standard InChI is InChI=1S/C21H25FN2O2S/c22-18-3-1-16(2-4-18)13-17-7-9-24(10-8-17)11-12-27(25)19-5-6-20-21(14-19)26-15-23-20/h1-6,14,17,23H,7-13,15H2. The molecule has 1 atom stereocenters. The van der Waals surface area contributed by atoms with Gasteiger partial charge in [0.05, 0.1) is 16.5 Å². The van der Waals surface area contributed by atoms with E-state index < -0.39 is 10.8 Å². The third kappa shape index (κ3) is 4.68. The number of hydrogen-bond acceptors (Lipinski definition) is 4. The van der Waals surface area contributed by atoms with Crippen molar-refractivity contribution in [2.24, 2.45) is 5.92 Å². The fraction of sp³-hybridized carbons (Fsp3) is 0.429. The van der Waals surface area contributed by atoms with Crippen LogP contribution in [0.2, 0.25) is 0 Å². The summed E-state index contributed by atoms with van der Waals surface area (Å²) in [6, 6.07) is 12.6. The number of likely N-dealkylation sites (tertiary alicyclic amines) is 1. The second-order valence-corrected chi connectivity index (χ2v) is 8.86. The smallest absolute Gasteiger partial charge is 0.159 e. The number of anilines is 1. The van der Waals surface area contributed by atoms with Gasteiger partial charge in [0.1, 0.15) is 11.6 Å². The summed E-state index contributed by atoms with van der Waals surface area (Å²) in [6.07, 6.45) is 3.30. The van der Waals surface area contributed by atoms with Crippen molar-refractivity contribution in [2.75, 3.05) is 37.4 Å². The molecule has 144 valence electrons. The number of hydrogen-bond donors (Lipinski definition) is 1. The zero-order chi connectivity index (χ0) is 18.6. The molecule has 2 heterocycles. The topological polar surface area (TPSA) is 41.6 Å². The summed E-state index contributed by atoms with van der Waals surface area (Å²) in [5, 5.41) is 3.13. The molecular weight excluding hydrogens is 363 g/mol. The Balaban J connectivity index is 1.22. The fourth-order valence-electron chi connectivity index (χ4n) is 3.80. The van der Waals surface area contributed by atoms with Crippen LogP contribution in [0.4, 0.5) is 10.1 Å². The van der Waals surface area contributed by atoms with E-state index in [9.17, 15) is 8.60 Å². The van der Waals surface area contributed by atoms with Crippen molar-refractivity contribution in [3.05, 3.63) is 53.8 Å². The van der Waals surface area contributed by atoms with Gasteiger partial charge in [0.25, 0.3) is 0 Å². The highest BCUT2D eigenvalue weighted by molar-refractivity contribution is 7.85. The van der Waals surface area contributed by atoms with E-state index in [0.29, 0.717) is 18.4 Å². The molecule has 2 aromatic carbocycles. The average Bonchev–Trinajstić information content (AvgIpc) is 3.17. The average molecular weight is 389 g/mol. The highest BCUT2D eigenvalue weighted by atomic mass is 32.2. The van der Waals surface area contributed by atoms with E-state index in [1.807, 2.05) is 30.3 Å². The van der Waals surface area contributed by atoms with Gasteiger partial charge in [0.15, 0.2) is 6.73 Å². The molecule has 0 aliphatic carbocycles. The predicted molar refractivity (Wildman–Crippen MR) is 106 cm³/mol. The Labute approximate surface area is 162 Å². The van der Waals surface area contributed by atoms with Crippen LogP contribution in [0.25, 0.3) is 0 Å². The molecule has 2 aliphatic rings. The number of nitrogens with one attached hydrogen (secondary N) is 1. The lowest BCUT2D eigenvalue weighted by Crippen LogP contribution is -2.36. The minimum atomic E-state index is -1.00. The Morgan fingerprint density at radius 1 is 1.15 bits per heavy atom. The summed E-state index contributed by atoms with van der Waals surface area (Å²) in [5.74, 6) is 1.92. The van der Waals surface area contributed by atoms with Crippen molar-refractivity contribution >= 4 is 16.5 Å². The third-order valence-corrected chi connectivity index (χ3v) is 6.78. The maximum atomic E-state index is 13.0. The minimum Gasteiger partial charge on any atom is -0.471 e. The maximum Gasteiger partial charge on any atom is 0.159 e. The summed E-state index contributed by atoms with van der Waals surface area (Å²) in [5.41, 5.74) is 2.18. The second kappa shape index (κ2) is 8.40. The quantitative estimate of drug-likeness (QED) is 0.820. The maximum absolute atomic E-state index is 13.0. The molecule has 6 heteroatoms. The molecule has 1 N–H and O–H groups in total. The molecule has 0 radical (unpaired) electrons. The van der Waals surface area contributed by atoms with Gasteiger partial charge in [0.2, 0.25) is 0 Å². The van der Waals surface area contributed by atoms with E-state index in [-0.39, 0.29) is 5.82 Å². The van der Waals surface area contributed by atoms with E-state index in [0.717, 1.165) is 55.2 Å². The number of halogens is 1. The Kier molecular flexibility index (Phi) is 5.74. The van der Waals surface area contributed by atoms with Gasteiger partial charge in [-0.2, -0.15) is 0 Å². The fourth-order valence-corrected chi connectivity index (χ4v) is 4.92. The van der Waals surface area contributed by atoms with E-state index in [1.165, 1.54) is 5.56 Å². The molecule has 2 aromatic rings. The van der Waals surface area contributed by atoms with Crippen molar-refractivity contribution in [1.82, 2.24) is 4.90 Å². The summed E-state index contributed by atoms with van der Waals surface area (Å²) in [6.45, 7) is 3.42. The largest absolute Gasteiger partial charge is 0.471 e. The van der Waals surface area contributed by atoms with Gasteiger partial charge in [-0.1, -0.05) is 12.1 Å². The number of benzene rings is 2. The van der Waals surface area contributed by atoms with Crippen LogP contribution in [-0.2, 0) is 17.2 Å². The number of ether oxygens (including phenoxy) is 1. The number of piperidine rings is 1. The van der Waals surface area contributed by atoms with Gasteiger partial charge in [0, 0.05) is 17.2 Å².